The van der Waals surface area contributed by atoms with Gasteiger partial charge in [0.25, 0.3) is 10.1 Å². The van der Waals surface area contributed by atoms with Crippen LogP contribution in [0.4, 0.5) is 0 Å². The maximum atomic E-state index is 11.2. The zero-order chi connectivity index (χ0) is 19.8. The first-order chi connectivity index (χ1) is 12.4. The van der Waals surface area contributed by atoms with Crippen molar-refractivity contribution < 1.29 is 22.6 Å². The van der Waals surface area contributed by atoms with E-state index in [0.717, 1.165) is 25.3 Å². The Morgan fingerprint density at radius 2 is 1.42 bits per heavy atom. The van der Waals surface area contributed by atoms with E-state index >= 15 is 0 Å². The fourth-order valence-electron chi connectivity index (χ4n) is 2.66. The van der Waals surface area contributed by atoms with Crippen LogP contribution < -0.4 is 0 Å². The third kappa shape index (κ3) is 11.9. The Kier molecular flexibility index (Phi) is 13.8. The Labute approximate surface area is 158 Å². The molecule has 0 aromatic carbocycles. The Morgan fingerprint density at radius 1 is 0.923 bits per heavy atom. The Morgan fingerprint density at radius 3 is 1.85 bits per heavy atom. The predicted octanol–water partition coefficient (Wildman–Crippen LogP) is 4.95. The molecule has 1 N–H and O–H groups in total. The van der Waals surface area contributed by atoms with Crippen LogP contribution in [0.25, 0.3) is 0 Å². The van der Waals surface area contributed by atoms with Gasteiger partial charge in [-0.2, -0.15) is 8.42 Å². The van der Waals surface area contributed by atoms with Gasteiger partial charge in [-0.05, 0) is 30.6 Å². The van der Waals surface area contributed by atoms with Crippen molar-refractivity contribution in [3.63, 3.8) is 0 Å². The van der Waals surface area contributed by atoms with Crippen LogP contribution in [0, 0.1) is 0 Å². The number of carbonyl (C=O) groups excluding carboxylic acids is 2. The molecule has 0 aliphatic rings. The molecule has 0 saturated carbocycles. The first-order valence-corrected chi connectivity index (χ1v) is 10.8. The third-order valence-electron chi connectivity index (χ3n) is 4.21. The van der Waals surface area contributed by atoms with Crippen molar-refractivity contribution in [1.82, 2.24) is 0 Å². The molecule has 148 valence electrons. The molecule has 26 heavy (non-hydrogen) atoms. The fraction of sp³-hybridized carbons (Fsp3) is 0.600. The zero-order valence-electron chi connectivity index (χ0n) is 15.8. The van der Waals surface area contributed by atoms with E-state index in [-0.39, 0.29) is 5.57 Å². The van der Waals surface area contributed by atoms with Gasteiger partial charge in [0.15, 0.2) is 0 Å². The van der Waals surface area contributed by atoms with Gasteiger partial charge >= 0.3 is 0 Å². The lowest BCUT2D eigenvalue weighted by Crippen LogP contribution is -2.01. The molecule has 0 unspecified atom stereocenters. The van der Waals surface area contributed by atoms with E-state index in [1.54, 1.807) is 0 Å². The van der Waals surface area contributed by atoms with Crippen LogP contribution in [0.1, 0.15) is 77.6 Å². The van der Waals surface area contributed by atoms with Crippen LogP contribution >= 0.6 is 0 Å². The molecule has 0 bridgehead atoms. The second-order valence-electron chi connectivity index (χ2n) is 6.42. The highest BCUT2D eigenvalue weighted by Gasteiger charge is 2.12. The Hall–Kier alpha value is -1.53. The lowest BCUT2D eigenvalue weighted by atomic mass is 9.98. The number of hydrogen-bond donors (Lipinski definition) is 1. The van der Waals surface area contributed by atoms with Gasteiger partial charge in [0.05, 0.1) is 4.91 Å². The Bertz CT molecular complexity index is 600. The summed E-state index contributed by atoms with van der Waals surface area (Å²) in [6, 6.07) is 0. The van der Waals surface area contributed by atoms with Crippen LogP contribution in [0.3, 0.4) is 0 Å². The number of aldehydes is 2. The Balaban J connectivity index is 4.34. The SMILES string of the molecule is C=C(/C=C(C=O)\C(=C\C=O)CCCCCCCCCCCC)S(=O)(=O)O. The maximum absolute atomic E-state index is 11.2. The summed E-state index contributed by atoms with van der Waals surface area (Å²) in [6.45, 7) is 5.43. The van der Waals surface area contributed by atoms with Gasteiger partial charge in [0.2, 0.25) is 0 Å². The quantitative estimate of drug-likeness (QED) is 0.134. The summed E-state index contributed by atoms with van der Waals surface area (Å²) >= 11 is 0. The van der Waals surface area contributed by atoms with Crippen LogP contribution in [0.15, 0.2) is 34.8 Å². The maximum Gasteiger partial charge on any atom is 0.293 e. The second-order valence-corrected chi connectivity index (χ2v) is 7.89. The monoisotopic (exact) mass is 384 g/mol. The van der Waals surface area contributed by atoms with Crippen LogP contribution in [0.5, 0.6) is 0 Å². The first-order valence-electron chi connectivity index (χ1n) is 9.34. The van der Waals surface area contributed by atoms with Gasteiger partial charge < -0.3 is 0 Å². The van der Waals surface area contributed by atoms with Crippen LogP contribution in [-0.4, -0.2) is 25.5 Å². The molecule has 0 aliphatic carbocycles. The highest BCUT2D eigenvalue weighted by molar-refractivity contribution is 7.90. The van der Waals surface area contributed by atoms with Crippen molar-refractivity contribution in [3.8, 4) is 0 Å². The summed E-state index contributed by atoms with van der Waals surface area (Å²) in [6.07, 6.45) is 15.5. The van der Waals surface area contributed by atoms with Gasteiger partial charge in [-0.3, -0.25) is 14.1 Å². The smallest absolute Gasteiger partial charge is 0.293 e. The molecule has 0 rings (SSSR count). The number of rotatable bonds is 16. The van der Waals surface area contributed by atoms with Crippen molar-refractivity contribution in [3.05, 3.63) is 34.8 Å². The molecular formula is C20H32O5S. The van der Waals surface area contributed by atoms with E-state index in [1.165, 1.54) is 51.0 Å². The average molecular weight is 385 g/mol. The van der Waals surface area contributed by atoms with E-state index < -0.39 is 15.0 Å². The third-order valence-corrected chi connectivity index (χ3v) is 4.99. The summed E-state index contributed by atoms with van der Waals surface area (Å²) in [7, 11) is -4.45. The summed E-state index contributed by atoms with van der Waals surface area (Å²) in [5, 5.41) is 0. The minimum Gasteiger partial charge on any atom is -0.299 e. The van der Waals surface area contributed by atoms with Gasteiger partial charge in [-0.15, -0.1) is 0 Å². The highest BCUT2D eigenvalue weighted by Crippen LogP contribution is 2.20. The van der Waals surface area contributed by atoms with Crippen molar-refractivity contribution in [2.75, 3.05) is 0 Å². The van der Waals surface area contributed by atoms with Crippen molar-refractivity contribution >= 4 is 22.7 Å². The topological polar surface area (TPSA) is 88.5 Å². The molecule has 6 heteroatoms. The molecule has 0 amide bonds. The summed E-state index contributed by atoms with van der Waals surface area (Å²) in [4.78, 5) is 21.4. The lowest BCUT2D eigenvalue weighted by molar-refractivity contribution is -0.104. The zero-order valence-corrected chi connectivity index (χ0v) is 16.6. The molecule has 0 heterocycles. The van der Waals surface area contributed by atoms with Crippen LogP contribution in [0.2, 0.25) is 0 Å². The molecule has 0 atom stereocenters. The summed E-state index contributed by atoms with van der Waals surface area (Å²) < 4.78 is 31.0. The fourth-order valence-corrected chi connectivity index (χ4v) is 2.94. The number of hydrogen-bond acceptors (Lipinski definition) is 4. The first kappa shape index (κ1) is 24.5. The van der Waals surface area contributed by atoms with Crippen molar-refractivity contribution in [2.24, 2.45) is 0 Å². The number of unbranched alkanes of at least 4 members (excludes halogenated alkanes) is 9. The van der Waals surface area contributed by atoms with Gasteiger partial charge in [0, 0.05) is 5.57 Å². The minimum atomic E-state index is -4.45. The molecule has 0 spiro atoms. The molecule has 0 fully saturated rings. The molecule has 0 aliphatic heterocycles. The van der Waals surface area contributed by atoms with Gasteiger partial charge in [0.1, 0.15) is 12.6 Å². The van der Waals surface area contributed by atoms with Crippen LogP contribution in [-0.2, 0) is 19.7 Å². The molecule has 5 nitrogen and oxygen atoms in total. The lowest BCUT2D eigenvalue weighted by Gasteiger charge is -2.07. The second kappa shape index (κ2) is 14.6. The molecule has 0 aromatic heterocycles. The van der Waals surface area contributed by atoms with E-state index in [0.29, 0.717) is 24.6 Å². The van der Waals surface area contributed by atoms with Gasteiger partial charge in [-0.1, -0.05) is 71.3 Å². The number of allylic oxidation sites excluding steroid dienone is 4. The molecule has 0 radical (unpaired) electrons. The van der Waals surface area contributed by atoms with Crippen molar-refractivity contribution in [2.45, 2.75) is 77.6 Å². The number of carbonyl (C=O) groups is 2. The summed E-state index contributed by atoms with van der Waals surface area (Å²) in [5.74, 6) is 0. The molecule has 0 aromatic rings. The largest absolute Gasteiger partial charge is 0.299 e. The highest BCUT2D eigenvalue weighted by atomic mass is 32.2. The standard InChI is InChI=1S/C20H32O5S/c1-3-4-5-6-7-8-9-10-11-12-13-19(14-15-21)20(17-22)16-18(2)26(23,24)25/h14-17H,2-13H2,1H3,(H,23,24,25)/b19-14+,20-16-. The predicted molar refractivity (Wildman–Crippen MR) is 105 cm³/mol. The molecular weight excluding hydrogens is 352 g/mol. The van der Waals surface area contributed by atoms with E-state index in [9.17, 15) is 18.0 Å². The minimum absolute atomic E-state index is 0.0515. The van der Waals surface area contributed by atoms with E-state index in [1.807, 2.05) is 0 Å². The van der Waals surface area contributed by atoms with Gasteiger partial charge in [-0.25, -0.2) is 0 Å². The van der Waals surface area contributed by atoms with E-state index in [2.05, 4.69) is 13.5 Å². The normalized spacial score (nSPS) is 12.8. The van der Waals surface area contributed by atoms with E-state index in [4.69, 9.17) is 4.55 Å². The van der Waals surface area contributed by atoms with Crippen molar-refractivity contribution in [1.29, 1.82) is 0 Å². The average Bonchev–Trinajstić information content (AvgIpc) is 2.59. The summed E-state index contributed by atoms with van der Waals surface area (Å²) in [5.41, 5.74) is 0.509. The molecule has 0 saturated heterocycles.